The molecular formula is C15H13ClF2N2O3. The van der Waals surface area contributed by atoms with Gasteiger partial charge in [-0.05, 0) is 30.3 Å². The van der Waals surface area contributed by atoms with Crippen molar-refractivity contribution in [3.8, 4) is 11.5 Å². The number of anilines is 2. The third kappa shape index (κ3) is 4.72. The van der Waals surface area contributed by atoms with Gasteiger partial charge in [-0.2, -0.15) is 8.78 Å². The fourth-order valence-electron chi connectivity index (χ4n) is 1.82. The molecule has 0 saturated heterocycles. The molecule has 2 aromatic rings. The fourth-order valence-corrected chi connectivity index (χ4v) is 1.99. The van der Waals surface area contributed by atoms with Gasteiger partial charge in [0.05, 0.1) is 18.5 Å². The first-order valence-corrected chi connectivity index (χ1v) is 6.83. The Morgan fingerprint density at radius 1 is 1.09 bits per heavy atom. The minimum Gasteiger partial charge on any atom is -0.495 e. The molecule has 0 atom stereocenters. The topological polar surface area (TPSA) is 59.6 Å². The van der Waals surface area contributed by atoms with Gasteiger partial charge in [0.1, 0.15) is 11.5 Å². The average molecular weight is 343 g/mol. The maximum absolute atomic E-state index is 12.3. The number of carbonyl (C=O) groups excluding carboxylic acids is 1. The highest BCUT2D eigenvalue weighted by Gasteiger charge is 2.13. The van der Waals surface area contributed by atoms with Crippen molar-refractivity contribution in [1.82, 2.24) is 0 Å². The van der Waals surface area contributed by atoms with E-state index in [1.165, 1.54) is 31.4 Å². The van der Waals surface area contributed by atoms with Crippen LogP contribution in [0.25, 0.3) is 0 Å². The van der Waals surface area contributed by atoms with Crippen LogP contribution in [0.1, 0.15) is 0 Å². The highest BCUT2D eigenvalue weighted by Crippen LogP contribution is 2.29. The normalized spacial score (nSPS) is 10.3. The van der Waals surface area contributed by atoms with Crippen LogP contribution in [-0.2, 0) is 0 Å². The number of rotatable bonds is 5. The molecule has 0 radical (unpaired) electrons. The molecule has 0 spiro atoms. The lowest BCUT2D eigenvalue weighted by Crippen LogP contribution is -2.20. The molecule has 0 saturated carbocycles. The number of amides is 2. The van der Waals surface area contributed by atoms with Gasteiger partial charge in [-0.1, -0.05) is 23.7 Å². The number of hydrogen-bond donors (Lipinski definition) is 2. The monoisotopic (exact) mass is 342 g/mol. The minimum absolute atomic E-state index is 0.103. The number of nitrogens with one attached hydrogen (secondary N) is 2. The zero-order valence-electron chi connectivity index (χ0n) is 12.0. The quantitative estimate of drug-likeness (QED) is 0.835. The van der Waals surface area contributed by atoms with Gasteiger partial charge >= 0.3 is 12.6 Å². The highest BCUT2D eigenvalue weighted by molar-refractivity contribution is 6.31. The molecule has 0 aliphatic carbocycles. The van der Waals surface area contributed by atoms with Crippen molar-refractivity contribution in [3.63, 3.8) is 0 Å². The highest BCUT2D eigenvalue weighted by atomic mass is 35.5. The zero-order valence-corrected chi connectivity index (χ0v) is 12.7. The van der Waals surface area contributed by atoms with E-state index in [9.17, 15) is 13.6 Å². The second-order valence-corrected chi connectivity index (χ2v) is 4.73. The molecule has 0 bridgehead atoms. The Labute approximate surface area is 136 Å². The number of alkyl halides is 2. The molecule has 2 aromatic carbocycles. The summed E-state index contributed by atoms with van der Waals surface area (Å²) in [5, 5.41) is 5.36. The Bertz CT molecular complexity index is 698. The Balaban J connectivity index is 2.13. The van der Waals surface area contributed by atoms with Gasteiger partial charge in [-0.3, -0.25) is 0 Å². The smallest absolute Gasteiger partial charge is 0.387 e. The first-order chi connectivity index (χ1) is 11.0. The molecule has 23 heavy (non-hydrogen) atoms. The van der Waals surface area contributed by atoms with E-state index in [-0.39, 0.29) is 11.4 Å². The van der Waals surface area contributed by atoms with Gasteiger partial charge < -0.3 is 20.1 Å². The van der Waals surface area contributed by atoms with Crippen molar-refractivity contribution >= 4 is 29.0 Å². The molecule has 0 fully saturated rings. The molecule has 0 unspecified atom stereocenters. The van der Waals surface area contributed by atoms with Gasteiger partial charge in [0.2, 0.25) is 0 Å². The van der Waals surface area contributed by atoms with Gasteiger partial charge in [-0.15, -0.1) is 0 Å². The van der Waals surface area contributed by atoms with Crippen molar-refractivity contribution in [1.29, 1.82) is 0 Å². The SMILES string of the molecule is COc1ccc(Cl)cc1NC(=O)Nc1ccccc1OC(F)F. The zero-order chi connectivity index (χ0) is 16.8. The van der Waals surface area contributed by atoms with E-state index in [4.69, 9.17) is 16.3 Å². The maximum Gasteiger partial charge on any atom is 0.387 e. The molecule has 2 N–H and O–H groups in total. The Morgan fingerprint density at radius 3 is 2.48 bits per heavy atom. The summed E-state index contributed by atoms with van der Waals surface area (Å²) in [7, 11) is 1.44. The summed E-state index contributed by atoms with van der Waals surface area (Å²) in [4.78, 5) is 12.0. The number of hydrogen-bond acceptors (Lipinski definition) is 3. The number of para-hydroxylation sites is 2. The van der Waals surface area contributed by atoms with Crippen LogP contribution in [-0.4, -0.2) is 19.8 Å². The van der Waals surface area contributed by atoms with Gasteiger partial charge in [0.15, 0.2) is 0 Å². The molecule has 2 amide bonds. The number of carbonyl (C=O) groups is 1. The summed E-state index contributed by atoms with van der Waals surface area (Å²) in [5.74, 6) is 0.261. The Hall–Kier alpha value is -2.54. The number of ether oxygens (including phenoxy) is 2. The van der Waals surface area contributed by atoms with Crippen LogP contribution in [0.2, 0.25) is 5.02 Å². The summed E-state index contributed by atoms with van der Waals surface area (Å²) in [6.45, 7) is -2.99. The first-order valence-electron chi connectivity index (χ1n) is 6.45. The van der Waals surface area contributed by atoms with E-state index < -0.39 is 12.6 Å². The lowest BCUT2D eigenvalue weighted by Gasteiger charge is -2.14. The van der Waals surface area contributed by atoms with Crippen molar-refractivity contribution in [2.24, 2.45) is 0 Å². The molecule has 122 valence electrons. The standard InChI is InChI=1S/C15H13ClF2N2O3/c1-22-12-7-6-9(16)8-11(12)20-15(21)19-10-4-2-3-5-13(10)23-14(17)18/h2-8,14H,1H3,(H2,19,20,21). The van der Waals surface area contributed by atoms with E-state index >= 15 is 0 Å². The molecule has 0 aliphatic heterocycles. The maximum atomic E-state index is 12.3. The summed E-state index contributed by atoms with van der Waals surface area (Å²) in [5.41, 5.74) is 0.441. The van der Waals surface area contributed by atoms with Crippen molar-refractivity contribution in [2.45, 2.75) is 6.61 Å². The van der Waals surface area contributed by atoms with Gasteiger partial charge in [0, 0.05) is 5.02 Å². The van der Waals surface area contributed by atoms with E-state index in [2.05, 4.69) is 15.4 Å². The second kappa shape index (κ2) is 7.64. The molecule has 8 heteroatoms. The van der Waals surface area contributed by atoms with E-state index in [1.54, 1.807) is 18.2 Å². The van der Waals surface area contributed by atoms with Crippen molar-refractivity contribution in [2.75, 3.05) is 17.7 Å². The molecule has 0 aliphatic rings. The summed E-state index contributed by atoms with van der Waals surface area (Å²) >= 11 is 5.87. The van der Waals surface area contributed by atoms with Crippen LogP contribution in [0, 0.1) is 0 Å². The number of halogens is 3. The lowest BCUT2D eigenvalue weighted by atomic mass is 10.3. The van der Waals surface area contributed by atoms with Crippen molar-refractivity contribution in [3.05, 3.63) is 47.5 Å². The Kier molecular flexibility index (Phi) is 5.59. The molecule has 0 aromatic heterocycles. The van der Waals surface area contributed by atoms with Crippen molar-refractivity contribution < 1.29 is 23.0 Å². The largest absolute Gasteiger partial charge is 0.495 e. The van der Waals surface area contributed by atoms with Crippen LogP contribution in [0.3, 0.4) is 0 Å². The van der Waals surface area contributed by atoms with Crippen LogP contribution < -0.4 is 20.1 Å². The Morgan fingerprint density at radius 2 is 1.78 bits per heavy atom. The van der Waals surface area contributed by atoms with E-state index in [0.29, 0.717) is 16.5 Å². The van der Waals surface area contributed by atoms with E-state index in [0.717, 1.165) is 0 Å². The summed E-state index contributed by atoms with van der Waals surface area (Å²) in [6.07, 6.45) is 0. The number of benzene rings is 2. The van der Waals surface area contributed by atoms with Crippen LogP contribution in [0.15, 0.2) is 42.5 Å². The first kappa shape index (κ1) is 16.8. The predicted molar refractivity (Wildman–Crippen MR) is 83.7 cm³/mol. The summed E-state index contributed by atoms with van der Waals surface area (Å²) < 4.78 is 34.1. The predicted octanol–water partition coefficient (Wildman–Crippen LogP) is 4.59. The molecule has 2 rings (SSSR count). The fraction of sp³-hybridized carbons (Fsp3) is 0.133. The average Bonchev–Trinajstić information content (AvgIpc) is 2.49. The minimum atomic E-state index is -2.99. The van der Waals surface area contributed by atoms with Gasteiger partial charge in [0.25, 0.3) is 0 Å². The molecule has 0 heterocycles. The van der Waals surface area contributed by atoms with Crippen LogP contribution in [0.4, 0.5) is 25.0 Å². The molecule has 5 nitrogen and oxygen atoms in total. The number of urea groups is 1. The van der Waals surface area contributed by atoms with Crippen LogP contribution in [0.5, 0.6) is 11.5 Å². The van der Waals surface area contributed by atoms with E-state index in [1.807, 2.05) is 0 Å². The third-order valence-electron chi connectivity index (χ3n) is 2.76. The summed E-state index contributed by atoms with van der Waals surface area (Å²) in [6, 6.07) is 9.89. The second-order valence-electron chi connectivity index (χ2n) is 4.30. The van der Waals surface area contributed by atoms with Gasteiger partial charge in [-0.25, -0.2) is 4.79 Å². The van der Waals surface area contributed by atoms with Crippen LogP contribution >= 0.6 is 11.6 Å². The number of methoxy groups -OCH3 is 1. The molecular weight excluding hydrogens is 330 g/mol. The third-order valence-corrected chi connectivity index (χ3v) is 3.00. The lowest BCUT2D eigenvalue weighted by molar-refractivity contribution is -0.0493.